The van der Waals surface area contributed by atoms with E-state index in [4.69, 9.17) is 20.0 Å². The van der Waals surface area contributed by atoms with E-state index in [2.05, 4.69) is 5.32 Å². The monoisotopic (exact) mass is 553 g/mol. The van der Waals surface area contributed by atoms with Gasteiger partial charge in [0.15, 0.2) is 0 Å². The number of nitrogens with one attached hydrogen (secondary N) is 1. The first kappa shape index (κ1) is 31.3. The number of nitrogens with zero attached hydrogens (tertiary/aromatic N) is 1. The van der Waals surface area contributed by atoms with Gasteiger partial charge in [0.25, 0.3) is 0 Å². The molecular weight excluding hydrogens is 510 g/mol. The van der Waals surface area contributed by atoms with Crippen LogP contribution in [0.1, 0.15) is 58.2 Å². The van der Waals surface area contributed by atoms with Gasteiger partial charge >= 0.3 is 11.9 Å². The molecule has 218 valence electrons. The molecule has 3 N–H and O–H groups in total. The first-order valence-corrected chi connectivity index (χ1v) is 13.8. The number of rotatable bonds is 11. The van der Waals surface area contributed by atoms with Crippen LogP contribution in [0.3, 0.4) is 0 Å². The van der Waals surface area contributed by atoms with Gasteiger partial charge in [-0.25, -0.2) is 4.79 Å². The lowest BCUT2D eigenvalue weighted by atomic mass is 9.82. The Morgan fingerprint density at radius 1 is 1.05 bits per heavy atom. The molecule has 9 nitrogen and oxygen atoms in total. The zero-order valence-electron chi connectivity index (χ0n) is 24.3. The van der Waals surface area contributed by atoms with E-state index in [0.717, 1.165) is 11.1 Å². The molecule has 2 aromatic carbocycles. The van der Waals surface area contributed by atoms with E-state index in [1.54, 1.807) is 25.8 Å². The van der Waals surface area contributed by atoms with E-state index in [1.807, 2.05) is 74.5 Å². The van der Waals surface area contributed by atoms with Gasteiger partial charge in [-0.2, -0.15) is 5.06 Å². The number of ether oxygens (including phenoxy) is 2. The van der Waals surface area contributed by atoms with Gasteiger partial charge in [0.1, 0.15) is 23.7 Å². The summed E-state index contributed by atoms with van der Waals surface area (Å²) in [5.41, 5.74) is 7.65. The maximum atomic E-state index is 13.9. The molecule has 4 unspecified atom stereocenters. The predicted octanol–water partition coefficient (Wildman–Crippen LogP) is 3.78. The Bertz CT molecular complexity index is 1120. The number of carbonyl (C=O) groups excluding carboxylic acids is 3. The second kappa shape index (κ2) is 13.9. The van der Waals surface area contributed by atoms with Gasteiger partial charge in [-0.15, -0.1) is 0 Å². The molecule has 0 aliphatic carbocycles. The Morgan fingerprint density at radius 3 is 2.20 bits per heavy atom. The molecule has 1 aliphatic rings. The van der Waals surface area contributed by atoms with Crippen molar-refractivity contribution in [3.63, 3.8) is 0 Å². The quantitative estimate of drug-likeness (QED) is 0.404. The van der Waals surface area contributed by atoms with Crippen LogP contribution in [-0.4, -0.2) is 54.3 Å². The minimum absolute atomic E-state index is 0.161. The summed E-state index contributed by atoms with van der Waals surface area (Å²) in [4.78, 5) is 46.5. The SMILES string of the molecule is CC[C@H](C)[C@H](NC(=O)C1CN(Cc2ccccc2)OC1C(C(=O)OC(C)(C)C)C(N)c1ccccc1)C(=O)OC. The van der Waals surface area contributed by atoms with E-state index in [0.29, 0.717) is 13.0 Å². The van der Waals surface area contributed by atoms with Gasteiger partial charge in [0.05, 0.1) is 13.0 Å². The van der Waals surface area contributed by atoms with Crippen molar-refractivity contribution in [2.75, 3.05) is 13.7 Å². The van der Waals surface area contributed by atoms with Crippen molar-refractivity contribution in [1.82, 2.24) is 10.4 Å². The highest BCUT2D eigenvalue weighted by Gasteiger charge is 2.50. The maximum Gasteiger partial charge on any atom is 0.328 e. The number of hydrogen-bond donors (Lipinski definition) is 2. The molecule has 1 saturated heterocycles. The molecule has 0 spiro atoms. The van der Waals surface area contributed by atoms with E-state index < -0.39 is 53.5 Å². The van der Waals surface area contributed by atoms with Crippen LogP contribution in [0.4, 0.5) is 0 Å². The molecular formula is C31H43N3O6. The van der Waals surface area contributed by atoms with Gasteiger partial charge in [-0.1, -0.05) is 80.9 Å². The highest BCUT2D eigenvalue weighted by Crippen LogP contribution is 2.36. The van der Waals surface area contributed by atoms with Crippen LogP contribution in [0.15, 0.2) is 60.7 Å². The minimum Gasteiger partial charge on any atom is -0.467 e. The van der Waals surface area contributed by atoms with Crippen LogP contribution in [0.25, 0.3) is 0 Å². The molecule has 0 bridgehead atoms. The molecule has 1 fully saturated rings. The number of benzene rings is 2. The molecule has 9 heteroatoms. The van der Waals surface area contributed by atoms with Gasteiger partial charge in [-0.3, -0.25) is 14.4 Å². The van der Waals surface area contributed by atoms with Gasteiger partial charge in [-0.05, 0) is 37.8 Å². The van der Waals surface area contributed by atoms with Crippen molar-refractivity contribution in [1.29, 1.82) is 0 Å². The Morgan fingerprint density at radius 2 is 1.65 bits per heavy atom. The normalized spacial score (nSPS) is 20.7. The Kier molecular flexibility index (Phi) is 10.8. The number of hydroxylamine groups is 2. The van der Waals surface area contributed by atoms with Crippen LogP contribution in [0.5, 0.6) is 0 Å². The third-order valence-electron chi connectivity index (χ3n) is 7.18. The summed E-state index contributed by atoms with van der Waals surface area (Å²) in [5.74, 6) is -3.47. The van der Waals surface area contributed by atoms with Crippen molar-refractivity contribution in [3.05, 3.63) is 71.8 Å². The minimum atomic E-state index is -1.00. The number of hydrogen-bond acceptors (Lipinski definition) is 8. The summed E-state index contributed by atoms with van der Waals surface area (Å²) in [6.45, 7) is 9.75. The van der Waals surface area contributed by atoms with Crippen LogP contribution in [0.2, 0.25) is 0 Å². The largest absolute Gasteiger partial charge is 0.467 e. The smallest absolute Gasteiger partial charge is 0.328 e. The van der Waals surface area contributed by atoms with E-state index in [-0.39, 0.29) is 12.5 Å². The lowest BCUT2D eigenvalue weighted by molar-refractivity contribution is -0.191. The summed E-state index contributed by atoms with van der Waals surface area (Å²) in [6, 6.07) is 17.3. The molecule has 0 aromatic heterocycles. The topological polar surface area (TPSA) is 120 Å². The zero-order chi connectivity index (χ0) is 29.4. The predicted molar refractivity (Wildman–Crippen MR) is 151 cm³/mol. The average molecular weight is 554 g/mol. The lowest BCUT2D eigenvalue weighted by Gasteiger charge is -2.33. The van der Waals surface area contributed by atoms with E-state index >= 15 is 0 Å². The fourth-order valence-corrected chi connectivity index (χ4v) is 4.84. The van der Waals surface area contributed by atoms with E-state index in [1.165, 1.54) is 7.11 Å². The highest BCUT2D eigenvalue weighted by molar-refractivity contribution is 5.87. The number of methoxy groups -OCH3 is 1. The van der Waals surface area contributed by atoms with Crippen LogP contribution >= 0.6 is 0 Å². The average Bonchev–Trinajstić information content (AvgIpc) is 3.33. The summed E-state index contributed by atoms with van der Waals surface area (Å²) in [7, 11) is 1.30. The molecule has 6 atom stereocenters. The Labute approximate surface area is 237 Å². The van der Waals surface area contributed by atoms with Crippen molar-refractivity contribution in [2.45, 2.75) is 71.4 Å². The van der Waals surface area contributed by atoms with Crippen LogP contribution in [0, 0.1) is 17.8 Å². The molecule has 1 heterocycles. The molecule has 3 rings (SSSR count). The number of esters is 2. The van der Waals surface area contributed by atoms with Crippen molar-refractivity contribution in [3.8, 4) is 0 Å². The Hall–Kier alpha value is -3.27. The Balaban J connectivity index is 2.00. The number of amides is 1. The van der Waals surface area contributed by atoms with Gasteiger partial charge in [0, 0.05) is 19.1 Å². The summed E-state index contributed by atoms with van der Waals surface area (Å²) in [5, 5.41) is 4.56. The van der Waals surface area contributed by atoms with Gasteiger partial charge in [0.2, 0.25) is 5.91 Å². The highest BCUT2D eigenvalue weighted by atomic mass is 16.7. The first-order chi connectivity index (χ1) is 18.9. The molecule has 2 aromatic rings. The molecule has 40 heavy (non-hydrogen) atoms. The third kappa shape index (κ3) is 8.13. The van der Waals surface area contributed by atoms with Gasteiger partial charge < -0.3 is 20.5 Å². The number of nitrogens with two attached hydrogens (primary N) is 1. The first-order valence-electron chi connectivity index (χ1n) is 13.8. The van der Waals surface area contributed by atoms with Crippen LogP contribution < -0.4 is 11.1 Å². The molecule has 1 aliphatic heterocycles. The number of carbonyl (C=O) groups is 3. The second-order valence-electron chi connectivity index (χ2n) is 11.4. The molecule has 0 saturated carbocycles. The van der Waals surface area contributed by atoms with Crippen molar-refractivity contribution in [2.24, 2.45) is 23.5 Å². The third-order valence-corrected chi connectivity index (χ3v) is 7.18. The standard InChI is InChI=1S/C31H43N3O6/c1-7-20(2)26(30(37)38-6)33-28(35)23-19-34(18-21-14-10-8-11-15-21)40-27(23)24(29(36)39-31(3,4)5)25(32)22-16-12-9-13-17-22/h8-17,20,23-27H,7,18-19,32H2,1-6H3,(H,33,35)/t20-,23?,24?,25?,26-,27?/m0/s1. The fraction of sp³-hybridized carbons (Fsp3) is 0.516. The summed E-state index contributed by atoms with van der Waals surface area (Å²) in [6.07, 6.45) is -0.284. The van der Waals surface area contributed by atoms with Crippen molar-refractivity contribution >= 4 is 17.8 Å². The molecule has 0 radical (unpaired) electrons. The maximum absolute atomic E-state index is 13.9. The summed E-state index contributed by atoms with van der Waals surface area (Å²) >= 11 is 0. The zero-order valence-corrected chi connectivity index (χ0v) is 24.3. The second-order valence-corrected chi connectivity index (χ2v) is 11.4. The van der Waals surface area contributed by atoms with Crippen molar-refractivity contribution < 1.29 is 28.7 Å². The lowest BCUT2D eigenvalue weighted by Crippen LogP contribution is -2.52. The molecule has 1 amide bonds. The summed E-state index contributed by atoms with van der Waals surface area (Å²) < 4.78 is 10.8. The van der Waals surface area contributed by atoms with E-state index in [9.17, 15) is 14.4 Å². The fourth-order valence-electron chi connectivity index (χ4n) is 4.84. The van der Waals surface area contributed by atoms with Crippen LogP contribution in [-0.2, 0) is 35.2 Å².